The summed E-state index contributed by atoms with van der Waals surface area (Å²) >= 11 is 0. The Bertz CT molecular complexity index is 418. The zero-order valence-corrected chi connectivity index (χ0v) is 11.4. The van der Waals surface area contributed by atoms with Gasteiger partial charge in [0.25, 0.3) is 0 Å². The van der Waals surface area contributed by atoms with Crippen molar-refractivity contribution in [3.63, 3.8) is 0 Å². The summed E-state index contributed by atoms with van der Waals surface area (Å²) in [5, 5.41) is 2.68. The van der Waals surface area contributed by atoms with Gasteiger partial charge in [-0.05, 0) is 18.1 Å². The quantitative estimate of drug-likeness (QED) is 0.757. The summed E-state index contributed by atoms with van der Waals surface area (Å²) in [5.41, 5.74) is 6.71. The zero-order chi connectivity index (χ0) is 14.3. The first-order valence-corrected chi connectivity index (χ1v) is 6.45. The molecule has 1 atom stereocenters. The van der Waals surface area contributed by atoms with Crippen molar-refractivity contribution in [2.45, 2.75) is 32.7 Å². The first-order valence-electron chi connectivity index (χ1n) is 6.45. The van der Waals surface area contributed by atoms with Gasteiger partial charge < -0.3 is 11.1 Å². The van der Waals surface area contributed by atoms with Crippen LogP contribution in [0.2, 0.25) is 0 Å². The van der Waals surface area contributed by atoms with E-state index in [0.717, 1.165) is 5.56 Å². The Labute approximate surface area is 113 Å². The number of rotatable bonds is 7. The van der Waals surface area contributed by atoms with Crippen LogP contribution in [0.4, 0.5) is 0 Å². The standard InChI is InChI=1S/C14H21N3O2/c1-10(2)14(19)12(15)9-17-13(18)6-5-11-4-3-7-16-8-11/h3-4,7-8,10,12H,5-6,9,15H2,1-2H3,(H,17,18). The van der Waals surface area contributed by atoms with Gasteiger partial charge in [-0.15, -0.1) is 0 Å². The Morgan fingerprint density at radius 1 is 1.42 bits per heavy atom. The van der Waals surface area contributed by atoms with Crippen LogP contribution in [0.25, 0.3) is 0 Å². The fraction of sp³-hybridized carbons (Fsp3) is 0.500. The maximum absolute atomic E-state index is 11.6. The van der Waals surface area contributed by atoms with Crippen molar-refractivity contribution in [1.29, 1.82) is 0 Å². The lowest BCUT2D eigenvalue weighted by Crippen LogP contribution is -2.44. The molecule has 104 valence electrons. The molecule has 0 fully saturated rings. The predicted octanol–water partition coefficient (Wildman–Crippen LogP) is 0.683. The fourth-order valence-corrected chi connectivity index (χ4v) is 1.64. The number of hydrogen-bond donors (Lipinski definition) is 2. The molecule has 1 amide bonds. The molecular formula is C14H21N3O2. The van der Waals surface area contributed by atoms with E-state index < -0.39 is 6.04 Å². The second-order valence-corrected chi connectivity index (χ2v) is 4.83. The highest BCUT2D eigenvalue weighted by molar-refractivity contribution is 5.86. The molecule has 1 aromatic rings. The molecule has 5 heteroatoms. The van der Waals surface area contributed by atoms with Gasteiger partial charge in [0.1, 0.15) is 0 Å². The predicted molar refractivity (Wildman–Crippen MR) is 73.4 cm³/mol. The lowest BCUT2D eigenvalue weighted by molar-refractivity contribution is -0.123. The van der Waals surface area contributed by atoms with Crippen molar-refractivity contribution in [1.82, 2.24) is 10.3 Å². The van der Waals surface area contributed by atoms with E-state index in [1.807, 2.05) is 12.1 Å². The molecule has 19 heavy (non-hydrogen) atoms. The fourth-order valence-electron chi connectivity index (χ4n) is 1.64. The molecule has 0 bridgehead atoms. The van der Waals surface area contributed by atoms with E-state index in [1.54, 1.807) is 26.2 Å². The molecule has 0 saturated heterocycles. The molecule has 0 aromatic carbocycles. The number of Topliss-reactive ketones (excluding diaryl/α,β-unsaturated/α-hetero) is 1. The Morgan fingerprint density at radius 2 is 2.16 bits per heavy atom. The van der Waals surface area contributed by atoms with Crippen LogP contribution in [-0.4, -0.2) is 29.3 Å². The van der Waals surface area contributed by atoms with Gasteiger partial charge >= 0.3 is 0 Å². The SMILES string of the molecule is CC(C)C(=O)C(N)CNC(=O)CCc1cccnc1. The number of carbonyl (C=O) groups excluding carboxylic acids is 2. The van der Waals surface area contributed by atoms with Gasteiger partial charge in [-0.3, -0.25) is 14.6 Å². The number of aryl methyl sites for hydroxylation is 1. The van der Waals surface area contributed by atoms with Gasteiger partial charge in [-0.2, -0.15) is 0 Å². The second kappa shape index (κ2) is 7.63. The van der Waals surface area contributed by atoms with Crippen molar-refractivity contribution >= 4 is 11.7 Å². The molecule has 1 unspecified atom stereocenters. The van der Waals surface area contributed by atoms with Gasteiger partial charge in [0, 0.05) is 31.3 Å². The van der Waals surface area contributed by atoms with E-state index in [4.69, 9.17) is 5.73 Å². The summed E-state index contributed by atoms with van der Waals surface area (Å²) in [4.78, 5) is 27.1. The highest BCUT2D eigenvalue weighted by Gasteiger charge is 2.17. The smallest absolute Gasteiger partial charge is 0.220 e. The highest BCUT2D eigenvalue weighted by Crippen LogP contribution is 2.00. The maximum Gasteiger partial charge on any atom is 0.220 e. The first kappa shape index (κ1) is 15.3. The van der Waals surface area contributed by atoms with Crippen LogP contribution in [0.1, 0.15) is 25.8 Å². The molecule has 0 aliphatic rings. The number of hydrogen-bond acceptors (Lipinski definition) is 4. The summed E-state index contributed by atoms with van der Waals surface area (Å²) in [6.45, 7) is 3.79. The molecule has 0 aliphatic heterocycles. The van der Waals surface area contributed by atoms with E-state index in [-0.39, 0.29) is 24.2 Å². The molecule has 0 radical (unpaired) electrons. The average molecular weight is 263 g/mol. The van der Waals surface area contributed by atoms with Crippen LogP contribution >= 0.6 is 0 Å². The summed E-state index contributed by atoms with van der Waals surface area (Å²) in [6.07, 6.45) is 4.43. The molecule has 0 spiro atoms. The molecule has 5 nitrogen and oxygen atoms in total. The number of aromatic nitrogens is 1. The number of carbonyl (C=O) groups is 2. The third kappa shape index (κ3) is 5.61. The minimum atomic E-state index is -0.623. The number of nitrogens with one attached hydrogen (secondary N) is 1. The van der Waals surface area contributed by atoms with Crippen LogP contribution in [0.3, 0.4) is 0 Å². The Hall–Kier alpha value is -1.75. The molecule has 3 N–H and O–H groups in total. The minimum absolute atomic E-state index is 0.0347. The lowest BCUT2D eigenvalue weighted by Gasteiger charge is -2.13. The number of ketones is 1. The molecule has 0 aliphatic carbocycles. The Kier molecular flexibility index (Phi) is 6.15. The van der Waals surface area contributed by atoms with Gasteiger partial charge in [-0.25, -0.2) is 0 Å². The van der Waals surface area contributed by atoms with Crippen molar-refractivity contribution in [2.24, 2.45) is 11.7 Å². The normalized spacial score (nSPS) is 12.2. The summed E-state index contributed by atoms with van der Waals surface area (Å²) in [6, 6.07) is 3.14. The number of amides is 1. The molecular weight excluding hydrogens is 242 g/mol. The van der Waals surface area contributed by atoms with E-state index in [1.165, 1.54) is 0 Å². The van der Waals surface area contributed by atoms with Crippen molar-refractivity contribution in [3.05, 3.63) is 30.1 Å². The van der Waals surface area contributed by atoms with Crippen LogP contribution in [0.15, 0.2) is 24.5 Å². The van der Waals surface area contributed by atoms with Gasteiger partial charge in [0.15, 0.2) is 5.78 Å². The lowest BCUT2D eigenvalue weighted by atomic mass is 10.0. The average Bonchev–Trinajstić information content (AvgIpc) is 2.42. The molecule has 1 rings (SSSR count). The van der Waals surface area contributed by atoms with E-state index in [9.17, 15) is 9.59 Å². The summed E-state index contributed by atoms with van der Waals surface area (Å²) in [7, 11) is 0. The van der Waals surface area contributed by atoms with Gasteiger partial charge in [0.05, 0.1) is 6.04 Å². The van der Waals surface area contributed by atoms with Crippen LogP contribution in [0, 0.1) is 5.92 Å². The Balaban J connectivity index is 2.27. The zero-order valence-electron chi connectivity index (χ0n) is 11.4. The van der Waals surface area contributed by atoms with E-state index in [2.05, 4.69) is 10.3 Å². The topological polar surface area (TPSA) is 85.1 Å². The van der Waals surface area contributed by atoms with E-state index in [0.29, 0.717) is 12.8 Å². The van der Waals surface area contributed by atoms with Crippen molar-refractivity contribution in [3.8, 4) is 0 Å². The third-order valence-corrected chi connectivity index (χ3v) is 2.82. The van der Waals surface area contributed by atoms with Crippen molar-refractivity contribution < 1.29 is 9.59 Å². The third-order valence-electron chi connectivity index (χ3n) is 2.82. The largest absolute Gasteiger partial charge is 0.354 e. The number of nitrogens with two attached hydrogens (primary N) is 1. The minimum Gasteiger partial charge on any atom is -0.354 e. The molecule has 1 aromatic heterocycles. The van der Waals surface area contributed by atoms with Crippen LogP contribution < -0.4 is 11.1 Å². The second-order valence-electron chi connectivity index (χ2n) is 4.83. The van der Waals surface area contributed by atoms with Crippen LogP contribution in [-0.2, 0) is 16.0 Å². The Morgan fingerprint density at radius 3 is 2.74 bits per heavy atom. The van der Waals surface area contributed by atoms with Crippen molar-refractivity contribution in [2.75, 3.05) is 6.54 Å². The van der Waals surface area contributed by atoms with E-state index >= 15 is 0 Å². The molecule has 0 saturated carbocycles. The number of nitrogens with zero attached hydrogens (tertiary/aromatic N) is 1. The van der Waals surface area contributed by atoms with Gasteiger partial charge in [-0.1, -0.05) is 19.9 Å². The summed E-state index contributed by atoms with van der Waals surface area (Å²) < 4.78 is 0. The first-order chi connectivity index (χ1) is 9.00. The maximum atomic E-state index is 11.6. The number of pyridine rings is 1. The summed E-state index contributed by atoms with van der Waals surface area (Å²) in [5.74, 6) is -0.245. The monoisotopic (exact) mass is 263 g/mol. The highest BCUT2D eigenvalue weighted by atomic mass is 16.1. The van der Waals surface area contributed by atoms with Crippen LogP contribution in [0.5, 0.6) is 0 Å². The van der Waals surface area contributed by atoms with Gasteiger partial charge in [0.2, 0.25) is 5.91 Å². The molecule has 1 heterocycles.